The molecule has 4 heterocycles. The Morgan fingerprint density at radius 3 is 2.55 bits per heavy atom. The summed E-state index contributed by atoms with van der Waals surface area (Å²) in [7, 11) is -2.49. The lowest BCUT2D eigenvalue weighted by Gasteiger charge is -2.35. The van der Waals surface area contributed by atoms with Crippen LogP contribution in [-0.2, 0) is 4.79 Å². The first-order valence-electron chi connectivity index (χ1n) is 11.1. The van der Waals surface area contributed by atoms with E-state index in [4.69, 9.17) is 0 Å². The summed E-state index contributed by atoms with van der Waals surface area (Å²) in [5.41, 5.74) is 2.69. The van der Waals surface area contributed by atoms with Gasteiger partial charge < -0.3 is 25.4 Å². The summed E-state index contributed by atoms with van der Waals surface area (Å²) < 4.78 is 19.9. The summed E-state index contributed by atoms with van der Waals surface area (Å²) in [6.07, 6.45) is 2.51. The van der Waals surface area contributed by atoms with Gasteiger partial charge in [-0.25, -0.2) is 0 Å². The molecule has 1 aromatic carbocycles. The summed E-state index contributed by atoms with van der Waals surface area (Å²) >= 11 is 0. The smallest absolute Gasteiger partial charge is 0.231 e. The lowest BCUT2D eigenvalue weighted by molar-refractivity contribution is -0.129. The molecule has 2 aromatic heterocycles. The molecule has 10 nitrogen and oxygen atoms in total. The van der Waals surface area contributed by atoms with Crippen molar-refractivity contribution in [2.24, 2.45) is 0 Å². The van der Waals surface area contributed by atoms with Gasteiger partial charge in [-0.3, -0.25) is 13.9 Å². The quantitative estimate of drug-likeness (QED) is 0.383. The lowest BCUT2D eigenvalue weighted by Crippen LogP contribution is -2.48. The maximum atomic E-state index is 11.5. The summed E-state index contributed by atoms with van der Waals surface area (Å²) in [5.74, 6) is 2.02. The highest BCUT2D eigenvalue weighted by molar-refractivity contribution is 8.24. The van der Waals surface area contributed by atoms with Gasteiger partial charge in [0.05, 0.1) is 11.1 Å². The van der Waals surface area contributed by atoms with Crippen molar-refractivity contribution >= 4 is 50.7 Å². The highest BCUT2D eigenvalue weighted by Crippen LogP contribution is 2.46. The predicted molar refractivity (Wildman–Crippen MR) is 133 cm³/mol. The number of piperazine rings is 1. The van der Waals surface area contributed by atoms with Crippen molar-refractivity contribution in [2.45, 2.75) is 19.4 Å². The molecule has 2 fully saturated rings. The molecule has 0 spiro atoms. The number of aromatic nitrogens is 3. The van der Waals surface area contributed by atoms with Gasteiger partial charge in [-0.05, 0) is 36.8 Å². The Hall–Kier alpha value is -3.02. The van der Waals surface area contributed by atoms with Crippen LogP contribution in [0.2, 0.25) is 0 Å². The second-order valence-electron chi connectivity index (χ2n) is 8.60. The Morgan fingerprint density at radius 1 is 1.12 bits per heavy atom. The number of fused-ring (bicyclic) bond motifs is 1. The zero-order chi connectivity index (χ0) is 23.0. The summed E-state index contributed by atoms with van der Waals surface area (Å²) in [6, 6.07) is 9.99. The van der Waals surface area contributed by atoms with Crippen molar-refractivity contribution in [1.82, 2.24) is 19.9 Å². The van der Waals surface area contributed by atoms with Gasteiger partial charge in [0.25, 0.3) is 0 Å². The van der Waals surface area contributed by atoms with Crippen molar-refractivity contribution in [1.29, 1.82) is 0 Å². The van der Waals surface area contributed by atoms with Crippen molar-refractivity contribution in [3.05, 3.63) is 36.5 Å². The standard InChI is InChI=1S/C22H29N7O3S/c1-15(30)28-9-11-29(12-10-28)18-4-2-16(3-5-18)25-22-26-20-19(6-8-23-20)21(27-22)24-17-7-13-33(31,32)14-17/h2-6,8,17,31-32H,7,9-14H2,1H3,(H3,23,24,25,26,27). The Kier molecular flexibility index (Phi) is 5.77. The maximum Gasteiger partial charge on any atom is 0.231 e. The first-order valence-corrected chi connectivity index (χ1v) is 13.0. The molecule has 0 saturated carbocycles. The van der Waals surface area contributed by atoms with E-state index in [9.17, 15) is 13.9 Å². The topological polar surface area (TPSA) is 130 Å². The second-order valence-corrected chi connectivity index (χ2v) is 10.9. The van der Waals surface area contributed by atoms with E-state index in [1.54, 1.807) is 6.92 Å². The van der Waals surface area contributed by atoms with E-state index in [1.807, 2.05) is 29.3 Å². The molecule has 2 aliphatic heterocycles. The van der Waals surface area contributed by atoms with Crippen LogP contribution >= 0.6 is 10.6 Å². The molecule has 0 radical (unpaired) electrons. The highest BCUT2D eigenvalue weighted by atomic mass is 32.3. The van der Waals surface area contributed by atoms with Crippen LogP contribution < -0.4 is 15.5 Å². The number of rotatable bonds is 5. The van der Waals surface area contributed by atoms with Crippen LogP contribution in [0.15, 0.2) is 36.5 Å². The van der Waals surface area contributed by atoms with Crippen LogP contribution in [0, 0.1) is 0 Å². The van der Waals surface area contributed by atoms with E-state index in [0.717, 1.165) is 42.9 Å². The lowest BCUT2D eigenvalue weighted by atomic mass is 10.2. The number of nitrogens with zero attached hydrogens (tertiary/aromatic N) is 4. The third-order valence-corrected chi connectivity index (χ3v) is 8.06. The maximum absolute atomic E-state index is 11.5. The molecular formula is C22H29N7O3S. The molecule has 0 bridgehead atoms. The van der Waals surface area contributed by atoms with Crippen molar-refractivity contribution in [2.75, 3.05) is 53.2 Å². The van der Waals surface area contributed by atoms with Gasteiger partial charge in [0.1, 0.15) is 11.5 Å². The van der Waals surface area contributed by atoms with E-state index < -0.39 is 10.6 Å². The van der Waals surface area contributed by atoms with Gasteiger partial charge in [-0.15, -0.1) is 0 Å². The number of amides is 1. The number of H-pyrrole nitrogens is 1. The molecule has 1 unspecified atom stereocenters. The minimum atomic E-state index is -2.49. The number of anilines is 4. The molecule has 5 rings (SSSR count). The number of benzene rings is 1. The van der Waals surface area contributed by atoms with E-state index in [1.165, 1.54) is 0 Å². The molecule has 176 valence electrons. The van der Waals surface area contributed by atoms with Gasteiger partial charge in [-0.1, -0.05) is 0 Å². The third kappa shape index (κ3) is 4.85. The molecule has 0 aliphatic carbocycles. The zero-order valence-electron chi connectivity index (χ0n) is 18.5. The molecule has 1 atom stereocenters. The number of aromatic amines is 1. The molecular weight excluding hydrogens is 442 g/mol. The second kappa shape index (κ2) is 8.73. The van der Waals surface area contributed by atoms with Crippen LogP contribution in [0.5, 0.6) is 0 Å². The third-order valence-electron chi connectivity index (χ3n) is 6.23. The summed E-state index contributed by atoms with van der Waals surface area (Å²) in [5, 5.41) is 7.51. The van der Waals surface area contributed by atoms with Gasteiger partial charge in [0.2, 0.25) is 11.9 Å². The highest BCUT2D eigenvalue weighted by Gasteiger charge is 2.29. The normalized spacial score (nSPS) is 21.2. The summed E-state index contributed by atoms with van der Waals surface area (Å²) in [6.45, 7) is 4.74. The molecule has 1 amide bonds. The molecule has 2 saturated heterocycles. The predicted octanol–water partition coefficient (Wildman–Crippen LogP) is 3.30. The zero-order valence-corrected chi connectivity index (χ0v) is 19.3. The number of hydrogen-bond acceptors (Lipinski definition) is 8. The molecule has 11 heteroatoms. The van der Waals surface area contributed by atoms with Crippen LogP contribution in [-0.4, -0.2) is 78.6 Å². The minimum absolute atomic E-state index is 0.0291. The number of carbonyl (C=O) groups excluding carboxylic acids is 1. The molecule has 5 N–H and O–H groups in total. The van der Waals surface area contributed by atoms with E-state index in [2.05, 4.69) is 42.6 Å². The Morgan fingerprint density at radius 2 is 1.88 bits per heavy atom. The number of hydrogen-bond donors (Lipinski definition) is 5. The first kappa shape index (κ1) is 21.8. The van der Waals surface area contributed by atoms with Crippen molar-refractivity contribution in [3.8, 4) is 0 Å². The van der Waals surface area contributed by atoms with Crippen LogP contribution in [0.4, 0.5) is 23.1 Å². The van der Waals surface area contributed by atoms with Gasteiger partial charge in [0, 0.05) is 62.5 Å². The van der Waals surface area contributed by atoms with Crippen LogP contribution in [0.3, 0.4) is 0 Å². The Balaban J connectivity index is 1.29. The monoisotopic (exact) mass is 471 g/mol. The minimum Gasteiger partial charge on any atom is -0.368 e. The van der Waals surface area contributed by atoms with Gasteiger partial charge in [0.15, 0.2) is 0 Å². The van der Waals surface area contributed by atoms with Crippen LogP contribution in [0.25, 0.3) is 11.0 Å². The number of nitrogens with one attached hydrogen (secondary N) is 3. The fraction of sp³-hybridized carbons (Fsp3) is 0.409. The average Bonchev–Trinajstić information content (AvgIpc) is 3.40. The van der Waals surface area contributed by atoms with E-state index in [0.29, 0.717) is 35.3 Å². The van der Waals surface area contributed by atoms with Crippen LogP contribution in [0.1, 0.15) is 13.3 Å². The molecule has 2 aliphatic rings. The fourth-order valence-electron chi connectivity index (χ4n) is 4.40. The first-order chi connectivity index (χ1) is 15.9. The number of carbonyl (C=O) groups is 1. The van der Waals surface area contributed by atoms with E-state index in [-0.39, 0.29) is 11.9 Å². The van der Waals surface area contributed by atoms with Gasteiger partial charge in [-0.2, -0.15) is 20.6 Å². The summed E-state index contributed by atoms with van der Waals surface area (Å²) in [4.78, 5) is 28.0. The molecule has 33 heavy (non-hydrogen) atoms. The fourth-order valence-corrected chi connectivity index (χ4v) is 6.12. The van der Waals surface area contributed by atoms with Crippen molar-refractivity contribution < 1.29 is 13.9 Å². The Labute approximate surface area is 193 Å². The van der Waals surface area contributed by atoms with Crippen molar-refractivity contribution in [3.63, 3.8) is 0 Å². The largest absolute Gasteiger partial charge is 0.368 e. The SMILES string of the molecule is CC(=O)N1CCN(c2ccc(Nc3nc(NC4CCS(O)(O)C4)c4cc[nH]c4n3)cc2)CC1. The van der Waals surface area contributed by atoms with E-state index >= 15 is 0 Å². The Bertz CT molecular complexity index is 1140. The average molecular weight is 472 g/mol. The molecule has 3 aromatic rings. The van der Waals surface area contributed by atoms with Gasteiger partial charge >= 0.3 is 0 Å².